The van der Waals surface area contributed by atoms with Crippen molar-refractivity contribution in [1.82, 2.24) is 15.5 Å². The van der Waals surface area contributed by atoms with E-state index in [0.29, 0.717) is 23.7 Å². The fraction of sp³-hybridized carbons (Fsp3) is 0.158. The van der Waals surface area contributed by atoms with Gasteiger partial charge >= 0.3 is 0 Å². The lowest BCUT2D eigenvalue weighted by atomic mass is 10.1. The summed E-state index contributed by atoms with van der Waals surface area (Å²) in [6.07, 6.45) is 0.420. The summed E-state index contributed by atoms with van der Waals surface area (Å²) in [4.78, 5) is 28.8. The molecule has 0 fully saturated rings. The van der Waals surface area contributed by atoms with Crippen LogP contribution in [0.1, 0.15) is 22.1 Å². The monoisotopic (exact) mass is 364 g/mol. The van der Waals surface area contributed by atoms with Gasteiger partial charge in [0, 0.05) is 0 Å². The minimum absolute atomic E-state index is 0.00328. The van der Waals surface area contributed by atoms with E-state index in [1.54, 1.807) is 24.3 Å². The van der Waals surface area contributed by atoms with Crippen molar-refractivity contribution < 1.29 is 18.8 Å². The summed E-state index contributed by atoms with van der Waals surface area (Å²) in [7, 11) is 0. The lowest BCUT2D eigenvalue weighted by Crippen LogP contribution is -2.46. The Morgan fingerprint density at radius 2 is 1.93 bits per heavy atom. The Bertz CT molecular complexity index is 971. The van der Waals surface area contributed by atoms with Crippen LogP contribution in [0, 0.1) is 0 Å². The zero-order valence-corrected chi connectivity index (χ0v) is 14.2. The van der Waals surface area contributed by atoms with Gasteiger partial charge in [-0.2, -0.15) is 4.98 Å². The molecule has 0 aliphatic carbocycles. The van der Waals surface area contributed by atoms with Crippen molar-refractivity contribution in [3.8, 4) is 5.75 Å². The number of fused-ring (bicyclic) bond motifs is 1. The number of carbonyl (C=O) groups is 2. The molecule has 2 heterocycles. The van der Waals surface area contributed by atoms with Gasteiger partial charge in [-0.05, 0) is 17.7 Å². The molecule has 1 aromatic heterocycles. The summed E-state index contributed by atoms with van der Waals surface area (Å²) in [5.74, 6) is -0.239. The van der Waals surface area contributed by atoms with Crippen molar-refractivity contribution in [2.24, 2.45) is 0 Å². The fourth-order valence-electron chi connectivity index (χ4n) is 2.68. The molecule has 0 bridgehead atoms. The summed E-state index contributed by atoms with van der Waals surface area (Å²) in [6, 6.07) is 15.8. The third-order valence-corrected chi connectivity index (χ3v) is 4.04. The van der Waals surface area contributed by atoms with Crippen molar-refractivity contribution in [1.29, 1.82) is 0 Å². The number of anilines is 1. The van der Waals surface area contributed by atoms with E-state index < -0.39 is 11.9 Å². The number of para-hydroxylation sites is 2. The van der Waals surface area contributed by atoms with E-state index in [1.165, 1.54) is 0 Å². The molecular weight excluding hydrogens is 348 g/mol. The molecule has 27 heavy (non-hydrogen) atoms. The average Bonchev–Trinajstić information content (AvgIpc) is 3.09. The first-order chi connectivity index (χ1) is 13.2. The van der Waals surface area contributed by atoms with Gasteiger partial charge in [0.1, 0.15) is 18.4 Å². The maximum absolute atomic E-state index is 12.4. The Labute approximate surface area is 154 Å². The molecule has 4 rings (SSSR count). The number of nitrogens with one attached hydrogen (secondary N) is 2. The van der Waals surface area contributed by atoms with E-state index in [0.717, 1.165) is 5.56 Å². The minimum atomic E-state index is -0.874. The van der Waals surface area contributed by atoms with Gasteiger partial charge in [0.05, 0.1) is 12.1 Å². The third kappa shape index (κ3) is 3.79. The SMILES string of the molecule is O=C(N[C@H]1COc2ccccc2NC1=O)c1noc(Cc2ccccc2)n1. The number of ether oxygens (including phenoxy) is 1. The number of amides is 2. The van der Waals surface area contributed by atoms with Crippen molar-refractivity contribution >= 4 is 17.5 Å². The van der Waals surface area contributed by atoms with Crippen LogP contribution < -0.4 is 15.4 Å². The summed E-state index contributed by atoms with van der Waals surface area (Å²) in [5.41, 5.74) is 1.55. The van der Waals surface area contributed by atoms with Gasteiger partial charge in [-0.25, -0.2) is 0 Å². The molecule has 0 saturated carbocycles. The zero-order chi connectivity index (χ0) is 18.6. The van der Waals surface area contributed by atoms with Crippen LogP contribution in [0.15, 0.2) is 59.1 Å². The van der Waals surface area contributed by atoms with Crippen LogP contribution in [0.5, 0.6) is 5.75 Å². The van der Waals surface area contributed by atoms with Gasteiger partial charge in [-0.15, -0.1) is 0 Å². The number of hydrogen-bond acceptors (Lipinski definition) is 6. The Balaban J connectivity index is 1.41. The van der Waals surface area contributed by atoms with Gasteiger partial charge in [0.15, 0.2) is 0 Å². The maximum atomic E-state index is 12.4. The summed E-state index contributed by atoms with van der Waals surface area (Å²) < 4.78 is 10.7. The van der Waals surface area contributed by atoms with E-state index >= 15 is 0 Å². The van der Waals surface area contributed by atoms with Crippen LogP contribution >= 0.6 is 0 Å². The number of benzene rings is 2. The standard InChI is InChI=1S/C19H16N4O4/c24-18-14(11-26-15-9-5-4-8-13(15)20-18)21-19(25)17-22-16(27-23-17)10-12-6-2-1-3-7-12/h1-9,14H,10-11H2,(H,20,24)(H,21,25)/t14-/m0/s1. The van der Waals surface area contributed by atoms with E-state index in [2.05, 4.69) is 20.8 Å². The summed E-state index contributed by atoms with van der Waals surface area (Å²) in [6.45, 7) is 0.00328. The van der Waals surface area contributed by atoms with Crippen LogP contribution in [0.4, 0.5) is 5.69 Å². The van der Waals surface area contributed by atoms with E-state index in [4.69, 9.17) is 9.26 Å². The second-order valence-electron chi connectivity index (χ2n) is 6.00. The first kappa shape index (κ1) is 16.8. The number of carbonyl (C=O) groups excluding carboxylic acids is 2. The van der Waals surface area contributed by atoms with Crippen LogP contribution in [-0.2, 0) is 11.2 Å². The number of hydrogen-bond donors (Lipinski definition) is 2. The molecule has 0 radical (unpaired) electrons. The van der Waals surface area contributed by atoms with Crippen LogP contribution in [0.3, 0.4) is 0 Å². The first-order valence-corrected chi connectivity index (χ1v) is 8.39. The summed E-state index contributed by atoms with van der Waals surface area (Å²) in [5, 5.41) is 9.00. The molecule has 1 atom stereocenters. The molecule has 1 aliphatic rings. The highest BCUT2D eigenvalue weighted by molar-refractivity contribution is 6.01. The zero-order valence-electron chi connectivity index (χ0n) is 14.2. The lowest BCUT2D eigenvalue weighted by molar-refractivity contribution is -0.118. The molecule has 0 unspecified atom stereocenters. The third-order valence-electron chi connectivity index (χ3n) is 4.04. The Hall–Kier alpha value is -3.68. The molecule has 1 aliphatic heterocycles. The van der Waals surface area contributed by atoms with Gasteiger partial charge < -0.3 is 19.9 Å². The van der Waals surface area contributed by atoms with Crippen molar-refractivity contribution in [2.45, 2.75) is 12.5 Å². The largest absolute Gasteiger partial charge is 0.489 e. The highest BCUT2D eigenvalue weighted by Gasteiger charge is 2.28. The predicted octanol–water partition coefficient (Wildman–Crippen LogP) is 1.79. The molecule has 2 amide bonds. The van der Waals surface area contributed by atoms with Crippen molar-refractivity contribution in [3.63, 3.8) is 0 Å². The molecule has 136 valence electrons. The van der Waals surface area contributed by atoms with E-state index in [1.807, 2.05) is 30.3 Å². The molecule has 2 aromatic carbocycles. The Kier molecular flexibility index (Phi) is 4.52. The Morgan fingerprint density at radius 3 is 2.78 bits per heavy atom. The highest BCUT2D eigenvalue weighted by Crippen LogP contribution is 2.26. The summed E-state index contributed by atoms with van der Waals surface area (Å²) >= 11 is 0. The van der Waals surface area contributed by atoms with Gasteiger partial charge in [0.25, 0.3) is 17.6 Å². The smallest absolute Gasteiger partial charge is 0.293 e. The maximum Gasteiger partial charge on any atom is 0.293 e. The molecule has 0 saturated heterocycles. The van der Waals surface area contributed by atoms with Crippen LogP contribution in [-0.4, -0.2) is 34.6 Å². The Morgan fingerprint density at radius 1 is 1.15 bits per heavy atom. The molecule has 8 nitrogen and oxygen atoms in total. The lowest BCUT2D eigenvalue weighted by Gasteiger charge is -2.13. The highest BCUT2D eigenvalue weighted by atomic mass is 16.5. The van der Waals surface area contributed by atoms with E-state index in [-0.39, 0.29) is 18.3 Å². The van der Waals surface area contributed by atoms with E-state index in [9.17, 15) is 9.59 Å². The molecule has 8 heteroatoms. The number of nitrogens with zero attached hydrogens (tertiary/aromatic N) is 2. The van der Waals surface area contributed by atoms with Crippen LogP contribution in [0.2, 0.25) is 0 Å². The first-order valence-electron chi connectivity index (χ1n) is 8.39. The number of rotatable bonds is 4. The second-order valence-corrected chi connectivity index (χ2v) is 6.00. The predicted molar refractivity (Wildman–Crippen MR) is 95.4 cm³/mol. The topological polar surface area (TPSA) is 106 Å². The molecule has 0 spiro atoms. The quantitative estimate of drug-likeness (QED) is 0.731. The average molecular weight is 364 g/mol. The second kappa shape index (κ2) is 7.28. The number of aromatic nitrogens is 2. The van der Waals surface area contributed by atoms with Gasteiger partial charge in [-0.1, -0.05) is 47.6 Å². The van der Waals surface area contributed by atoms with Crippen LogP contribution in [0.25, 0.3) is 0 Å². The van der Waals surface area contributed by atoms with Gasteiger partial charge in [0.2, 0.25) is 5.89 Å². The molecular formula is C19H16N4O4. The van der Waals surface area contributed by atoms with Crippen molar-refractivity contribution in [3.05, 3.63) is 71.9 Å². The van der Waals surface area contributed by atoms with Crippen molar-refractivity contribution in [2.75, 3.05) is 11.9 Å². The normalized spacial score (nSPS) is 15.9. The molecule has 3 aromatic rings. The van der Waals surface area contributed by atoms with Gasteiger partial charge in [-0.3, -0.25) is 9.59 Å². The minimum Gasteiger partial charge on any atom is -0.489 e. The fourth-order valence-corrected chi connectivity index (χ4v) is 2.68. The molecule has 2 N–H and O–H groups in total.